The Hall–Kier alpha value is -2.13. The standard InChI is InChI=1S/C18H18Cl2N2O5S/c1-12(23)22-15-4-6-16(7-5-15)28(25,26)21-9-8-18(24)27-11-13-2-3-14(19)10-17(13)20/h2-7,10,21H,8-9,11H2,1H3,(H,22,23). The van der Waals surface area contributed by atoms with Gasteiger partial charge in [0.15, 0.2) is 0 Å². The Morgan fingerprint density at radius 1 is 1.07 bits per heavy atom. The van der Waals surface area contributed by atoms with Crippen molar-refractivity contribution in [2.75, 3.05) is 11.9 Å². The number of benzene rings is 2. The molecule has 0 aliphatic rings. The van der Waals surface area contributed by atoms with Gasteiger partial charge in [-0.1, -0.05) is 29.3 Å². The molecule has 0 aliphatic carbocycles. The van der Waals surface area contributed by atoms with Gasteiger partial charge in [-0.15, -0.1) is 0 Å². The monoisotopic (exact) mass is 444 g/mol. The minimum absolute atomic E-state index is 0.0166. The number of ether oxygens (including phenoxy) is 1. The molecule has 1 amide bonds. The highest BCUT2D eigenvalue weighted by Gasteiger charge is 2.15. The van der Waals surface area contributed by atoms with E-state index in [9.17, 15) is 18.0 Å². The van der Waals surface area contributed by atoms with Gasteiger partial charge >= 0.3 is 5.97 Å². The number of rotatable bonds is 8. The number of nitrogens with one attached hydrogen (secondary N) is 2. The predicted molar refractivity (Wildman–Crippen MR) is 107 cm³/mol. The zero-order chi connectivity index (χ0) is 20.7. The van der Waals surface area contributed by atoms with E-state index in [1.54, 1.807) is 12.1 Å². The number of sulfonamides is 1. The Labute approximate surface area is 173 Å². The summed E-state index contributed by atoms with van der Waals surface area (Å²) < 4.78 is 31.8. The second-order valence-corrected chi connectivity index (χ2v) is 8.36. The molecule has 28 heavy (non-hydrogen) atoms. The minimum Gasteiger partial charge on any atom is -0.461 e. The smallest absolute Gasteiger partial charge is 0.307 e. The number of carbonyl (C=O) groups excluding carboxylic acids is 2. The second kappa shape index (κ2) is 9.88. The number of carbonyl (C=O) groups is 2. The Kier molecular flexibility index (Phi) is 7.82. The molecule has 0 radical (unpaired) electrons. The molecule has 150 valence electrons. The van der Waals surface area contributed by atoms with E-state index in [-0.39, 0.29) is 30.4 Å². The highest BCUT2D eigenvalue weighted by molar-refractivity contribution is 7.89. The average molecular weight is 445 g/mol. The van der Waals surface area contributed by atoms with Crippen molar-refractivity contribution in [3.8, 4) is 0 Å². The molecule has 0 atom stereocenters. The summed E-state index contributed by atoms with van der Waals surface area (Å²) in [5.41, 5.74) is 1.08. The molecule has 2 N–H and O–H groups in total. The normalized spacial score (nSPS) is 11.1. The van der Waals surface area contributed by atoms with E-state index in [4.69, 9.17) is 27.9 Å². The fourth-order valence-electron chi connectivity index (χ4n) is 2.16. The predicted octanol–water partition coefficient (Wildman–Crippen LogP) is 3.36. The van der Waals surface area contributed by atoms with Gasteiger partial charge in [0.2, 0.25) is 15.9 Å². The van der Waals surface area contributed by atoms with Gasteiger partial charge in [0.1, 0.15) is 6.61 Å². The van der Waals surface area contributed by atoms with Gasteiger partial charge in [-0.3, -0.25) is 9.59 Å². The quantitative estimate of drug-likeness (QED) is 0.607. The zero-order valence-electron chi connectivity index (χ0n) is 14.9. The summed E-state index contributed by atoms with van der Waals surface area (Å²) in [6.45, 7) is 1.20. The van der Waals surface area contributed by atoms with Crippen LogP contribution in [-0.2, 0) is 31.0 Å². The molecule has 0 heterocycles. The van der Waals surface area contributed by atoms with Gasteiger partial charge in [-0.2, -0.15) is 0 Å². The molecular formula is C18H18Cl2N2O5S. The lowest BCUT2D eigenvalue weighted by molar-refractivity contribution is -0.144. The third kappa shape index (κ3) is 6.79. The number of esters is 1. The van der Waals surface area contributed by atoms with Crippen LogP contribution in [0.3, 0.4) is 0 Å². The van der Waals surface area contributed by atoms with Crippen molar-refractivity contribution in [2.45, 2.75) is 24.8 Å². The Bertz CT molecular complexity index is 962. The molecule has 7 nitrogen and oxygen atoms in total. The highest BCUT2D eigenvalue weighted by atomic mass is 35.5. The lowest BCUT2D eigenvalue weighted by Crippen LogP contribution is -2.26. The summed E-state index contributed by atoms with van der Waals surface area (Å²) in [5.74, 6) is -0.832. The molecule has 0 aromatic heterocycles. The lowest BCUT2D eigenvalue weighted by atomic mass is 10.2. The topological polar surface area (TPSA) is 102 Å². The number of halogens is 2. The number of amides is 1. The molecule has 2 rings (SSSR count). The van der Waals surface area contributed by atoms with Crippen molar-refractivity contribution in [1.29, 1.82) is 0 Å². The first-order valence-electron chi connectivity index (χ1n) is 8.14. The molecule has 0 spiro atoms. The zero-order valence-corrected chi connectivity index (χ0v) is 17.2. The Morgan fingerprint density at radius 3 is 2.36 bits per heavy atom. The van der Waals surface area contributed by atoms with Crippen LogP contribution < -0.4 is 10.0 Å². The van der Waals surface area contributed by atoms with E-state index in [0.717, 1.165) is 0 Å². The van der Waals surface area contributed by atoms with Gasteiger partial charge < -0.3 is 10.1 Å². The Balaban J connectivity index is 1.82. The highest BCUT2D eigenvalue weighted by Crippen LogP contribution is 2.21. The van der Waals surface area contributed by atoms with Gasteiger partial charge in [0.25, 0.3) is 0 Å². The summed E-state index contributed by atoms with van der Waals surface area (Å²) >= 11 is 11.8. The van der Waals surface area contributed by atoms with Crippen molar-refractivity contribution in [3.63, 3.8) is 0 Å². The maximum Gasteiger partial charge on any atom is 0.307 e. The molecule has 2 aromatic carbocycles. The molecule has 0 fully saturated rings. The summed E-state index contributed by atoms with van der Waals surface area (Å²) in [6.07, 6.45) is -0.144. The van der Waals surface area contributed by atoms with E-state index in [0.29, 0.717) is 21.3 Å². The van der Waals surface area contributed by atoms with Crippen LogP contribution in [0.15, 0.2) is 47.4 Å². The van der Waals surface area contributed by atoms with Crippen LogP contribution in [0.1, 0.15) is 18.9 Å². The van der Waals surface area contributed by atoms with Crippen LogP contribution in [0.4, 0.5) is 5.69 Å². The summed E-state index contributed by atoms with van der Waals surface area (Å²) in [6, 6.07) is 10.5. The van der Waals surface area contributed by atoms with E-state index >= 15 is 0 Å². The van der Waals surface area contributed by atoms with Crippen molar-refractivity contribution in [2.24, 2.45) is 0 Å². The summed E-state index contributed by atoms with van der Waals surface area (Å²) in [7, 11) is -3.79. The van der Waals surface area contributed by atoms with E-state index < -0.39 is 16.0 Å². The van der Waals surface area contributed by atoms with Gasteiger partial charge in [-0.05, 0) is 36.4 Å². The van der Waals surface area contributed by atoms with E-state index in [1.807, 2.05) is 0 Å². The van der Waals surface area contributed by atoms with Gasteiger partial charge in [0, 0.05) is 34.8 Å². The van der Waals surface area contributed by atoms with Crippen LogP contribution in [0.5, 0.6) is 0 Å². The van der Waals surface area contributed by atoms with Crippen molar-refractivity contribution < 1.29 is 22.7 Å². The molecule has 10 heteroatoms. The molecule has 0 saturated carbocycles. The fraction of sp³-hybridized carbons (Fsp3) is 0.222. The van der Waals surface area contributed by atoms with Gasteiger partial charge in [-0.25, -0.2) is 13.1 Å². The van der Waals surface area contributed by atoms with Crippen LogP contribution in [0, 0.1) is 0 Å². The molecule has 0 saturated heterocycles. The van der Waals surface area contributed by atoms with Crippen molar-refractivity contribution in [3.05, 3.63) is 58.1 Å². The summed E-state index contributed by atoms with van der Waals surface area (Å²) in [5, 5.41) is 3.39. The first kappa shape index (κ1) is 22.2. The third-order valence-corrected chi connectivity index (χ3v) is 5.57. The average Bonchev–Trinajstić information content (AvgIpc) is 2.61. The van der Waals surface area contributed by atoms with Crippen LogP contribution in [-0.4, -0.2) is 26.8 Å². The number of hydrogen-bond donors (Lipinski definition) is 2. The maximum atomic E-state index is 12.2. The first-order chi connectivity index (χ1) is 13.2. The maximum absolute atomic E-state index is 12.2. The molecule has 0 bridgehead atoms. The molecule has 0 unspecified atom stereocenters. The number of hydrogen-bond acceptors (Lipinski definition) is 5. The fourth-order valence-corrected chi connectivity index (χ4v) is 3.66. The summed E-state index contributed by atoms with van der Waals surface area (Å²) in [4.78, 5) is 22.8. The van der Waals surface area contributed by atoms with E-state index in [2.05, 4.69) is 10.0 Å². The minimum atomic E-state index is -3.79. The van der Waals surface area contributed by atoms with E-state index in [1.165, 1.54) is 37.3 Å². The van der Waals surface area contributed by atoms with Crippen molar-refractivity contribution in [1.82, 2.24) is 4.72 Å². The van der Waals surface area contributed by atoms with Crippen LogP contribution >= 0.6 is 23.2 Å². The van der Waals surface area contributed by atoms with Crippen LogP contribution in [0.25, 0.3) is 0 Å². The van der Waals surface area contributed by atoms with Gasteiger partial charge in [0.05, 0.1) is 11.3 Å². The molecule has 0 aliphatic heterocycles. The SMILES string of the molecule is CC(=O)Nc1ccc(S(=O)(=O)NCCC(=O)OCc2ccc(Cl)cc2Cl)cc1. The largest absolute Gasteiger partial charge is 0.461 e. The molecule has 2 aromatic rings. The van der Waals surface area contributed by atoms with Crippen molar-refractivity contribution >= 4 is 50.8 Å². The number of anilines is 1. The lowest BCUT2D eigenvalue weighted by Gasteiger charge is -2.09. The van der Waals surface area contributed by atoms with Crippen LogP contribution in [0.2, 0.25) is 10.0 Å². The molecular weight excluding hydrogens is 427 g/mol. The third-order valence-electron chi connectivity index (χ3n) is 3.51. The first-order valence-corrected chi connectivity index (χ1v) is 10.4. The Morgan fingerprint density at radius 2 is 1.75 bits per heavy atom. The second-order valence-electron chi connectivity index (χ2n) is 5.75.